The summed E-state index contributed by atoms with van der Waals surface area (Å²) >= 11 is 1.68. The molecule has 1 atom stereocenters. The molecule has 0 radical (unpaired) electrons. The minimum atomic E-state index is 0.154. The molecule has 150 valence electrons. The van der Waals surface area contributed by atoms with Gasteiger partial charge in [-0.2, -0.15) is 10.4 Å². The Morgan fingerprint density at radius 1 is 1.50 bits per heavy atom. The highest BCUT2D eigenvalue weighted by molar-refractivity contribution is 7.09. The number of hydrogen-bond acceptors (Lipinski definition) is 5. The number of nitrogens with zero attached hydrogens (tertiary/aromatic N) is 4. The fourth-order valence-electron chi connectivity index (χ4n) is 3.74. The Balaban J connectivity index is 1.64. The van der Waals surface area contributed by atoms with Gasteiger partial charge in [0.1, 0.15) is 0 Å². The Morgan fingerprint density at radius 2 is 2.36 bits per heavy atom. The topological polar surface area (TPSA) is 71.2 Å². The third-order valence-corrected chi connectivity index (χ3v) is 6.14. The van der Waals surface area contributed by atoms with Crippen LogP contribution < -0.4 is 0 Å². The molecule has 1 fully saturated rings. The molecule has 0 aliphatic carbocycles. The van der Waals surface area contributed by atoms with E-state index in [2.05, 4.69) is 17.2 Å². The maximum absolute atomic E-state index is 13.0. The normalized spacial score (nSPS) is 16.2. The third-order valence-electron chi connectivity index (χ3n) is 5.28. The molecule has 0 spiro atoms. The minimum absolute atomic E-state index is 0.154. The molecular formula is C21H28N4O2S. The fourth-order valence-corrected chi connectivity index (χ4v) is 4.46. The molecular weight excluding hydrogens is 372 g/mol. The molecule has 0 aromatic carbocycles. The molecule has 3 rings (SSSR count). The highest BCUT2D eigenvalue weighted by atomic mass is 32.1. The first-order valence-corrected chi connectivity index (χ1v) is 10.8. The lowest BCUT2D eigenvalue weighted by Gasteiger charge is -2.25. The van der Waals surface area contributed by atoms with E-state index >= 15 is 0 Å². The predicted molar refractivity (Wildman–Crippen MR) is 109 cm³/mol. The summed E-state index contributed by atoms with van der Waals surface area (Å²) in [6.45, 7) is 6.71. The molecule has 6 nitrogen and oxygen atoms in total. The largest absolute Gasteiger partial charge is 0.376 e. The second-order valence-electron chi connectivity index (χ2n) is 7.27. The van der Waals surface area contributed by atoms with Gasteiger partial charge in [0.05, 0.1) is 37.4 Å². The van der Waals surface area contributed by atoms with Crippen molar-refractivity contribution in [1.82, 2.24) is 14.7 Å². The van der Waals surface area contributed by atoms with Crippen molar-refractivity contribution in [2.24, 2.45) is 0 Å². The minimum Gasteiger partial charge on any atom is -0.376 e. The van der Waals surface area contributed by atoms with E-state index in [0.29, 0.717) is 38.9 Å². The molecule has 1 aliphatic rings. The molecule has 28 heavy (non-hydrogen) atoms. The molecule has 0 bridgehead atoms. The SMILES string of the molecule is Cc1nn(CCC#N)c(C)c1CCC(=O)N(Cc1cccs1)CC1CCCO1. The summed E-state index contributed by atoms with van der Waals surface area (Å²) in [7, 11) is 0. The van der Waals surface area contributed by atoms with E-state index in [4.69, 9.17) is 10.00 Å². The van der Waals surface area contributed by atoms with Crippen LogP contribution in [0.2, 0.25) is 0 Å². The van der Waals surface area contributed by atoms with Gasteiger partial charge in [-0.05, 0) is 50.1 Å². The van der Waals surface area contributed by atoms with Crippen LogP contribution in [0.25, 0.3) is 0 Å². The van der Waals surface area contributed by atoms with Crippen molar-refractivity contribution in [2.45, 2.75) is 65.1 Å². The monoisotopic (exact) mass is 400 g/mol. The Kier molecular flexibility index (Phi) is 7.24. The van der Waals surface area contributed by atoms with Gasteiger partial charge in [0, 0.05) is 30.1 Å². The number of thiophene rings is 1. The summed E-state index contributed by atoms with van der Waals surface area (Å²) < 4.78 is 7.65. The van der Waals surface area contributed by atoms with E-state index in [0.717, 1.165) is 36.4 Å². The van der Waals surface area contributed by atoms with Crippen LogP contribution in [0.1, 0.15) is 47.5 Å². The van der Waals surface area contributed by atoms with Crippen molar-refractivity contribution in [3.63, 3.8) is 0 Å². The summed E-state index contributed by atoms with van der Waals surface area (Å²) in [5.74, 6) is 0.160. The van der Waals surface area contributed by atoms with Gasteiger partial charge in [-0.25, -0.2) is 0 Å². The van der Waals surface area contributed by atoms with Crippen LogP contribution in [-0.4, -0.2) is 39.8 Å². The van der Waals surface area contributed by atoms with Gasteiger partial charge in [-0.3, -0.25) is 9.48 Å². The van der Waals surface area contributed by atoms with E-state index < -0.39 is 0 Å². The molecule has 1 saturated heterocycles. The molecule has 1 amide bonds. The molecule has 2 aromatic rings. The zero-order valence-corrected chi connectivity index (χ0v) is 17.5. The van der Waals surface area contributed by atoms with Crippen molar-refractivity contribution >= 4 is 17.2 Å². The lowest BCUT2D eigenvalue weighted by Crippen LogP contribution is -2.36. The standard InChI is InChI=1S/C21H28N4O2S/c1-16-20(17(2)25(23-16)11-5-10-22)8-9-21(26)24(14-18-6-3-12-27-18)15-19-7-4-13-28-19/h4,7,13,18H,3,5-6,8-9,11-12,14-15H2,1-2H3. The summed E-state index contributed by atoms with van der Waals surface area (Å²) in [6.07, 6.45) is 3.83. The van der Waals surface area contributed by atoms with Crippen molar-refractivity contribution in [3.05, 3.63) is 39.3 Å². The number of hydrogen-bond donors (Lipinski definition) is 0. The molecule has 0 N–H and O–H groups in total. The Bertz CT molecular complexity index is 816. The Hall–Kier alpha value is -2.17. The van der Waals surface area contributed by atoms with Gasteiger partial charge < -0.3 is 9.64 Å². The van der Waals surface area contributed by atoms with Crippen molar-refractivity contribution in [2.75, 3.05) is 13.2 Å². The molecule has 1 unspecified atom stereocenters. The highest BCUT2D eigenvalue weighted by Crippen LogP contribution is 2.20. The first-order valence-electron chi connectivity index (χ1n) is 9.90. The first kappa shape index (κ1) is 20.6. The number of aryl methyl sites for hydroxylation is 2. The number of ether oxygens (including phenoxy) is 1. The summed E-state index contributed by atoms with van der Waals surface area (Å²) in [5.41, 5.74) is 3.14. The van der Waals surface area contributed by atoms with E-state index in [1.54, 1.807) is 11.3 Å². The fraction of sp³-hybridized carbons (Fsp3) is 0.571. The number of aromatic nitrogens is 2. The maximum Gasteiger partial charge on any atom is 0.223 e. The molecule has 7 heteroatoms. The zero-order valence-electron chi connectivity index (χ0n) is 16.7. The van der Waals surface area contributed by atoms with Gasteiger partial charge >= 0.3 is 0 Å². The smallest absolute Gasteiger partial charge is 0.223 e. The van der Waals surface area contributed by atoms with E-state index in [9.17, 15) is 4.79 Å². The number of carbonyl (C=O) groups is 1. The summed E-state index contributed by atoms with van der Waals surface area (Å²) in [6, 6.07) is 6.26. The zero-order chi connectivity index (χ0) is 19.9. The second kappa shape index (κ2) is 9.85. The van der Waals surface area contributed by atoms with Crippen LogP contribution in [0.15, 0.2) is 17.5 Å². The second-order valence-corrected chi connectivity index (χ2v) is 8.30. The molecule has 2 aromatic heterocycles. The first-order chi connectivity index (χ1) is 13.6. The van der Waals surface area contributed by atoms with Crippen molar-refractivity contribution < 1.29 is 9.53 Å². The van der Waals surface area contributed by atoms with Crippen LogP contribution in [0.4, 0.5) is 0 Å². The van der Waals surface area contributed by atoms with Crippen LogP contribution >= 0.6 is 11.3 Å². The lowest BCUT2D eigenvalue weighted by molar-refractivity contribution is -0.133. The quantitative estimate of drug-likeness (QED) is 0.645. The van der Waals surface area contributed by atoms with Gasteiger partial charge in [0.15, 0.2) is 0 Å². The number of amides is 1. The maximum atomic E-state index is 13.0. The van der Waals surface area contributed by atoms with Crippen LogP contribution in [-0.2, 0) is 29.0 Å². The summed E-state index contributed by atoms with van der Waals surface area (Å²) in [4.78, 5) is 16.2. The number of nitriles is 1. The van der Waals surface area contributed by atoms with Crippen LogP contribution in [0.5, 0.6) is 0 Å². The van der Waals surface area contributed by atoms with E-state index in [-0.39, 0.29) is 12.0 Å². The Morgan fingerprint density at radius 3 is 3.04 bits per heavy atom. The van der Waals surface area contributed by atoms with E-state index in [1.807, 2.05) is 34.9 Å². The van der Waals surface area contributed by atoms with E-state index in [1.165, 1.54) is 4.88 Å². The molecule has 3 heterocycles. The highest BCUT2D eigenvalue weighted by Gasteiger charge is 2.23. The van der Waals surface area contributed by atoms with Crippen LogP contribution in [0.3, 0.4) is 0 Å². The van der Waals surface area contributed by atoms with Crippen LogP contribution in [0, 0.1) is 25.2 Å². The summed E-state index contributed by atoms with van der Waals surface area (Å²) in [5, 5.41) is 15.4. The number of rotatable bonds is 9. The van der Waals surface area contributed by atoms with Gasteiger partial charge in [0.2, 0.25) is 5.91 Å². The molecule has 1 aliphatic heterocycles. The molecule has 0 saturated carbocycles. The van der Waals surface area contributed by atoms with Gasteiger partial charge in [-0.15, -0.1) is 11.3 Å². The van der Waals surface area contributed by atoms with Crippen molar-refractivity contribution in [3.8, 4) is 6.07 Å². The average molecular weight is 401 g/mol. The van der Waals surface area contributed by atoms with Gasteiger partial charge in [-0.1, -0.05) is 6.07 Å². The average Bonchev–Trinajstić information content (AvgIpc) is 3.42. The lowest BCUT2D eigenvalue weighted by atomic mass is 10.1. The number of carbonyl (C=O) groups excluding carboxylic acids is 1. The predicted octanol–water partition coefficient (Wildman–Crippen LogP) is 3.62. The Labute approximate surface area is 170 Å². The third kappa shape index (κ3) is 5.21. The van der Waals surface area contributed by atoms with Gasteiger partial charge in [0.25, 0.3) is 0 Å². The van der Waals surface area contributed by atoms with Crippen molar-refractivity contribution in [1.29, 1.82) is 5.26 Å².